The molecule has 0 fully saturated rings. The minimum absolute atomic E-state index is 0.428. The van der Waals surface area contributed by atoms with Gasteiger partial charge in [-0.1, -0.05) is 60.7 Å². The summed E-state index contributed by atoms with van der Waals surface area (Å²) in [6.45, 7) is 23.5. The third-order valence-electron chi connectivity index (χ3n) is 10.3. The Morgan fingerprint density at radius 2 is 1.10 bits per heavy atom. The van der Waals surface area contributed by atoms with Gasteiger partial charge >= 0.3 is 0 Å². The van der Waals surface area contributed by atoms with Crippen LogP contribution in [0.15, 0.2) is 132 Å². The van der Waals surface area contributed by atoms with Crippen LogP contribution in [-0.4, -0.2) is 9.13 Å². The average Bonchev–Trinajstić information content (AvgIpc) is 3.94. The summed E-state index contributed by atoms with van der Waals surface area (Å²) in [6.07, 6.45) is 0. The zero-order chi connectivity index (χ0) is 34.7. The van der Waals surface area contributed by atoms with E-state index in [9.17, 15) is 0 Å². The molecule has 52 heavy (non-hydrogen) atoms. The summed E-state index contributed by atoms with van der Waals surface area (Å²) < 4.78 is 13.3. The summed E-state index contributed by atoms with van der Waals surface area (Å²) in [5.74, 6) is 0. The van der Waals surface area contributed by atoms with Crippen molar-refractivity contribution >= 4 is 114 Å². The number of furan rings is 1. The summed E-state index contributed by atoms with van der Waals surface area (Å²) >= 11 is 1.78. The van der Waals surface area contributed by atoms with E-state index in [-0.39, 0.29) is 0 Å². The van der Waals surface area contributed by atoms with Crippen LogP contribution in [-0.2, 0) is 0 Å². The van der Waals surface area contributed by atoms with Crippen LogP contribution in [0.1, 0.15) is 0 Å². The van der Waals surface area contributed by atoms with Crippen molar-refractivity contribution in [3.05, 3.63) is 162 Å². The average molecular weight is 680 g/mol. The van der Waals surface area contributed by atoms with Crippen LogP contribution in [0.2, 0.25) is 0 Å². The maximum absolute atomic E-state index is 8.06. The minimum atomic E-state index is 0.428. The van der Waals surface area contributed by atoms with Gasteiger partial charge in [0.15, 0.2) is 5.69 Å². The molecule has 4 heterocycles. The molecular formula is C45H21N5OS. The van der Waals surface area contributed by atoms with Crippen molar-refractivity contribution in [3.63, 3.8) is 0 Å². The first kappa shape index (κ1) is 28.5. The number of fused-ring (bicyclic) bond motifs is 13. The van der Waals surface area contributed by atoms with E-state index in [2.05, 4.69) is 103 Å². The Labute approximate surface area is 299 Å². The van der Waals surface area contributed by atoms with Gasteiger partial charge in [0.05, 0.1) is 41.8 Å². The third kappa shape index (κ3) is 3.68. The Morgan fingerprint density at radius 3 is 1.81 bits per heavy atom. The number of rotatable bonds is 2. The lowest BCUT2D eigenvalue weighted by Crippen LogP contribution is -1.94. The van der Waals surface area contributed by atoms with Gasteiger partial charge in [0.1, 0.15) is 11.2 Å². The van der Waals surface area contributed by atoms with Gasteiger partial charge in [-0.25, -0.2) is 14.5 Å². The molecule has 238 valence electrons. The van der Waals surface area contributed by atoms with Crippen molar-refractivity contribution in [2.24, 2.45) is 0 Å². The van der Waals surface area contributed by atoms with Gasteiger partial charge in [-0.2, -0.15) is 0 Å². The van der Waals surface area contributed by atoms with E-state index in [0.717, 1.165) is 71.1 Å². The second kappa shape index (κ2) is 10.3. The first-order chi connectivity index (χ1) is 25.6. The van der Waals surface area contributed by atoms with Crippen molar-refractivity contribution < 1.29 is 4.42 Å². The molecule has 11 rings (SSSR count). The highest BCUT2D eigenvalue weighted by Gasteiger charge is 2.23. The van der Waals surface area contributed by atoms with E-state index in [1.165, 1.54) is 14.8 Å². The van der Waals surface area contributed by atoms with Gasteiger partial charge < -0.3 is 13.6 Å². The minimum Gasteiger partial charge on any atom is -0.478 e. The summed E-state index contributed by atoms with van der Waals surface area (Å²) in [4.78, 5) is 11.3. The second-order valence-electron chi connectivity index (χ2n) is 13.0. The second-order valence-corrected chi connectivity index (χ2v) is 14.0. The molecule has 11 aromatic rings. The molecule has 0 spiro atoms. The molecule has 0 saturated carbocycles. The van der Waals surface area contributed by atoms with E-state index >= 15 is 0 Å². The van der Waals surface area contributed by atoms with Gasteiger partial charge in [-0.15, -0.1) is 11.3 Å². The fraction of sp³-hybridized carbons (Fsp3) is 0. The monoisotopic (exact) mass is 679 g/mol. The first-order valence-electron chi connectivity index (χ1n) is 16.7. The van der Waals surface area contributed by atoms with Crippen molar-refractivity contribution in [2.75, 3.05) is 0 Å². The summed E-state index contributed by atoms with van der Waals surface area (Å²) in [5.41, 5.74) is 8.69. The molecule has 0 bridgehead atoms. The number of nitrogens with zero attached hydrogens (tertiary/aromatic N) is 5. The highest BCUT2D eigenvalue weighted by atomic mass is 32.1. The van der Waals surface area contributed by atoms with Crippen molar-refractivity contribution in [3.8, 4) is 11.4 Å². The van der Waals surface area contributed by atoms with Crippen LogP contribution >= 0.6 is 11.3 Å². The molecule has 0 radical (unpaired) electrons. The molecule has 4 aromatic heterocycles. The fourth-order valence-corrected chi connectivity index (χ4v) is 9.23. The predicted molar refractivity (Wildman–Crippen MR) is 214 cm³/mol. The van der Waals surface area contributed by atoms with E-state index in [0.29, 0.717) is 28.2 Å². The maximum Gasteiger partial charge on any atom is 0.230 e. The summed E-state index contributed by atoms with van der Waals surface area (Å²) in [7, 11) is 0. The molecule has 7 aromatic carbocycles. The molecular weight excluding hydrogens is 659 g/mol. The van der Waals surface area contributed by atoms with Crippen LogP contribution < -0.4 is 0 Å². The molecule has 0 N–H and O–H groups in total. The maximum atomic E-state index is 8.06. The molecule has 7 heteroatoms. The molecule has 0 unspecified atom stereocenters. The van der Waals surface area contributed by atoms with E-state index in [1.54, 1.807) is 17.4 Å². The number of hydrogen-bond donors (Lipinski definition) is 0. The number of thiophene rings is 1. The zero-order valence-corrected chi connectivity index (χ0v) is 28.0. The lowest BCUT2D eigenvalue weighted by molar-refractivity contribution is 0.673. The van der Waals surface area contributed by atoms with Crippen LogP contribution in [0, 0.1) is 19.7 Å². The Hall–Kier alpha value is -7.37. The number of aromatic nitrogens is 2. The molecule has 0 aliphatic heterocycles. The third-order valence-corrected chi connectivity index (χ3v) is 11.5. The number of para-hydroxylation sites is 3. The molecule has 0 aliphatic carbocycles. The van der Waals surface area contributed by atoms with E-state index in [4.69, 9.17) is 24.1 Å². The van der Waals surface area contributed by atoms with Gasteiger partial charge in [-0.3, -0.25) is 0 Å². The van der Waals surface area contributed by atoms with E-state index in [1.807, 2.05) is 42.5 Å². The Bertz CT molecular complexity index is 3520. The van der Waals surface area contributed by atoms with Crippen LogP contribution in [0.25, 0.3) is 112 Å². The highest BCUT2D eigenvalue weighted by molar-refractivity contribution is 7.25. The lowest BCUT2D eigenvalue weighted by Gasteiger charge is -2.10. The van der Waals surface area contributed by atoms with Crippen molar-refractivity contribution in [2.45, 2.75) is 0 Å². The van der Waals surface area contributed by atoms with Crippen LogP contribution in [0.5, 0.6) is 0 Å². The molecule has 0 aliphatic rings. The van der Waals surface area contributed by atoms with Gasteiger partial charge in [0, 0.05) is 53.1 Å². The van der Waals surface area contributed by atoms with Gasteiger partial charge in [-0.05, 0) is 77.5 Å². The summed E-state index contributed by atoms with van der Waals surface area (Å²) in [5, 5.41) is 8.18. The zero-order valence-electron chi connectivity index (χ0n) is 27.2. The lowest BCUT2D eigenvalue weighted by atomic mass is 10.1. The smallest absolute Gasteiger partial charge is 0.230 e. The van der Waals surface area contributed by atoms with Crippen molar-refractivity contribution in [1.82, 2.24) is 9.13 Å². The Balaban J connectivity index is 1.22. The van der Waals surface area contributed by atoms with Gasteiger partial charge in [0.2, 0.25) is 11.4 Å². The van der Waals surface area contributed by atoms with E-state index < -0.39 is 0 Å². The molecule has 0 amide bonds. The molecule has 0 atom stereocenters. The number of hydrogen-bond acceptors (Lipinski definition) is 2. The number of benzene rings is 7. The highest BCUT2D eigenvalue weighted by Crippen LogP contribution is 2.47. The predicted octanol–water partition coefficient (Wildman–Crippen LogP) is 13.8. The first-order valence-corrected chi connectivity index (χ1v) is 17.5. The standard InChI is InChI=1S/C45H21N5OS/c1-46-25-15-18-39-31(21-25)28-9-4-6-13-37(28)49(39)26-16-19-40-32(22-26)33-23-27(17-20-41(33)52-40)50-38-14-7-5-10-29(38)34-24-36(48-3)45-42(43(34)50)30-11-8-12-35(47-2)44(30)51-45/h4-24H. The Kier molecular flexibility index (Phi) is 5.65. The SMILES string of the molecule is [C-]#[N+]c1ccc2c(c1)c1ccccc1n2-c1ccc2sc3ccc(-n4c5ccccc5c5cc([N+]#[C-])c6oc7c([N+]#[C-])cccc7c6c54)cc3c2c1. The fourth-order valence-electron chi connectivity index (χ4n) is 8.16. The van der Waals surface area contributed by atoms with Gasteiger partial charge in [0.25, 0.3) is 0 Å². The summed E-state index contributed by atoms with van der Waals surface area (Å²) in [6, 6.07) is 43.5. The quantitative estimate of drug-likeness (QED) is 0.168. The van der Waals surface area contributed by atoms with Crippen LogP contribution in [0.4, 0.5) is 17.1 Å². The topological polar surface area (TPSA) is 36.1 Å². The Morgan fingerprint density at radius 1 is 0.462 bits per heavy atom. The van der Waals surface area contributed by atoms with Crippen LogP contribution in [0.3, 0.4) is 0 Å². The normalized spacial score (nSPS) is 11.8. The largest absolute Gasteiger partial charge is 0.478 e. The molecule has 0 saturated heterocycles. The van der Waals surface area contributed by atoms with Crippen molar-refractivity contribution in [1.29, 1.82) is 0 Å². The molecule has 6 nitrogen and oxygen atoms in total.